The van der Waals surface area contributed by atoms with Gasteiger partial charge in [0.1, 0.15) is 5.82 Å². The first-order chi connectivity index (χ1) is 11.4. The topological polar surface area (TPSA) is 75.3 Å². The van der Waals surface area contributed by atoms with E-state index in [1.807, 2.05) is 25.1 Å². The molecule has 0 saturated carbocycles. The summed E-state index contributed by atoms with van der Waals surface area (Å²) in [6, 6.07) is 12.0. The molecule has 128 valence electrons. The highest BCUT2D eigenvalue weighted by molar-refractivity contribution is 7.89. The fourth-order valence-electron chi connectivity index (χ4n) is 2.10. The first-order valence-electron chi connectivity index (χ1n) is 7.48. The van der Waals surface area contributed by atoms with Gasteiger partial charge in [0, 0.05) is 18.7 Å². The summed E-state index contributed by atoms with van der Waals surface area (Å²) < 4.78 is 39.2. The van der Waals surface area contributed by atoms with Gasteiger partial charge >= 0.3 is 0 Å². The summed E-state index contributed by atoms with van der Waals surface area (Å²) in [4.78, 5) is 11.8. The Morgan fingerprint density at radius 2 is 1.83 bits per heavy atom. The van der Waals surface area contributed by atoms with Gasteiger partial charge in [-0.05, 0) is 55.3 Å². The molecule has 0 heterocycles. The number of rotatable bonds is 7. The molecule has 0 spiro atoms. The van der Waals surface area contributed by atoms with Gasteiger partial charge in [-0.25, -0.2) is 17.5 Å². The summed E-state index contributed by atoms with van der Waals surface area (Å²) in [5.41, 5.74) is 1.76. The van der Waals surface area contributed by atoms with E-state index in [1.165, 1.54) is 12.1 Å². The molecule has 0 saturated heterocycles. The molecule has 0 fully saturated rings. The molecule has 0 atom stereocenters. The van der Waals surface area contributed by atoms with Crippen LogP contribution in [0.5, 0.6) is 0 Å². The third-order valence-corrected chi connectivity index (χ3v) is 4.78. The zero-order valence-corrected chi connectivity index (χ0v) is 14.1. The van der Waals surface area contributed by atoms with Crippen molar-refractivity contribution in [2.75, 3.05) is 11.9 Å². The molecule has 0 aromatic heterocycles. The van der Waals surface area contributed by atoms with Crippen molar-refractivity contribution in [3.05, 3.63) is 59.9 Å². The quantitative estimate of drug-likeness (QED) is 0.754. The maximum absolute atomic E-state index is 12.8. The van der Waals surface area contributed by atoms with Gasteiger partial charge < -0.3 is 5.32 Å². The van der Waals surface area contributed by atoms with Gasteiger partial charge in [-0.15, -0.1) is 0 Å². The molecule has 2 rings (SSSR count). The van der Waals surface area contributed by atoms with Gasteiger partial charge in [-0.3, -0.25) is 4.79 Å². The average molecular weight is 350 g/mol. The Bertz CT molecular complexity index is 805. The molecule has 7 heteroatoms. The molecule has 0 bridgehead atoms. The third kappa shape index (κ3) is 5.43. The molecule has 0 radical (unpaired) electrons. The summed E-state index contributed by atoms with van der Waals surface area (Å²) in [6.45, 7) is 2.06. The van der Waals surface area contributed by atoms with Crippen molar-refractivity contribution in [2.45, 2.75) is 24.7 Å². The summed E-state index contributed by atoms with van der Waals surface area (Å²) in [5.74, 6) is -0.677. The van der Waals surface area contributed by atoms with Gasteiger partial charge in [0.2, 0.25) is 15.9 Å². The predicted molar refractivity (Wildman–Crippen MR) is 90.6 cm³/mol. The summed E-state index contributed by atoms with van der Waals surface area (Å²) >= 11 is 0. The molecule has 5 nitrogen and oxygen atoms in total. The number of carbonyl (C=O) groups is 1. The molecule has 2 aromatic rings. The number of hydrogen-bond acceptors (Lipinski definition) is 3. The lowest BCUT2D eigenvalue weighted by Gasteiger charge is -2.08. The van der Waals surface area contributed by atoms with E-state index in [9.17, 15) is 17.6 Å². The lowest BCUT2D eigenvalue weighted by atomic mass is 10.2. The maximum Gasteiger partial charge on any atom is 0.240 e. The van der Waals surface area contributed by atoms with Gasteiger partial charge in [0.25, 0.3) is 0 Å². The predicted octanol–water partition coefficient (Wildman–Crippen LogP) is 2.83. The van der Waals surface area contributed by atoms with E-state index in [1.54, 1.807) is 6.07 Å². The molecular formula is C17H19FN2O3S. The molecule has 0 aliphatic carbocycles. The van der Waals surface area contributed by atoms with Gasteiger partial charge in [0.15, 0.2) is 0 Å². The number of sulfonamides is 1. The van der Waals surface area contributed by atoms with Crippen LogP contribution in [0.3, 0.4) is 0 Å². The molecule has 24 heavy (non-hydrogen) atoms. The lowest BCUT2D eigenvalue weighted by molar-refractivity contribution is -0.116. The van der Waals surface area contributed by atoms with Gasteiger partial charge in [-0.2, -0.15) is 0 Å². The minimum absolute atomic E-state index is 0.00638. The fourth-order valence-corrected chi connectivity index (χ4v) is 3.17. The van der Waals surface area contributed by atoms with E-state index in [-0.39, 0.29) is 23.8 Å². The van der Waals surface area contributed by atoms with Crippen molar-refractivity contribution >= 4 is 21.6 Å². The van der Waals surface area contributed by atoms with Crippen LogP contribution in [0.4, 0.5) is 10.1 Å². The van der Waals surface area contributed by atoms with E-state index in [2.05, 4.69) is 10.0 Å². The number of anilines is 1. The maximum atomic E-state index is 12.8. The number of benzene rings is 2. The Morgan fingerprint density at radius 3 is 2.50 bits per heavy atom. The zero-order chi connectivity index (χ0) is 17.6. The SMILES string of the molecule is Cc1cccc(NC(=O)CCCNS(=O)(=O)c2ccc(F)cc2)c1. The van der Waals surface area contributed by atoms with Crippen LogP contribution in [0.1, 0.15) is 18.4 Å². The number of halogens is 1. The van der Waals surface area contributed by atoms with Crippen molar-refractivity contribution in [1.82, 2.24) is 4.72 Å². The molecule has 0 aliphatic heterocycles. The standard InChI is InChI=1S/C17H19FN2O3S/c1-13-4-2-5-15(12-13)20-17(21)6-3-11-19-24(22,23)16-9-7-14(18)8-10-16/h2,4-5,7-10,12,19H,3,6,11H2,1H3,(H,20,21). The average Bonchev–Trinajstić information content (AvgIpc) is 2.52. The number of hydrogen-bond donors (Lipinski definition) is 2. The summed E-state index contributed by atoms with van der Waals surface area (Å²) in [7, 11) is -3.69. The van der Waals surface area contributed by atoms with E-state index in [0.717, 1.165) is 17.7 Å². The van der Waals surface area contributed by atoms with Gasteiger partial charge in [0.05, 0.1) is 4.90 Å². The summed E-state index contributed by atoms with van der Waals surface area (Å²) in [6.07, 6.45) is 0.554. The Labute approximate surface area is 141 Å². The largest absolute Gasteiger partial charge is 0.326 e. The second kappa shape index (κ2) is 8.03. The van der Waals surface area contributed by atoms with E-state index >= 15 is 0 Å². The van der Waals surface area contributed by atoms with Crippen LogP contribution < -0.4 is 10.0 Å². The van der Waals surface area contributed by atoms with Crippen LogP contribution >= 0.6 is 0 Å². The molecular weight excluding hydrogens is 331 g/mol. The zero-order valence-electron chi connectivity index (χ0n) is 13.3. The molecule has 0 aliphatic rings. The second-order valence-electron chi connectivity index (χ2n) is 5.37. The Kier molecular flexibility index (Phi) is 6.05. The van der Waals surface area contributed by atoms with Crippen molar-refractivity contribution in [3.8, 4) is 0 Å². The second-order valence-corrected chi connectivity index (χ2v) is 7.14. The first-order valence-corrected chi connectivity index (χ1v) is 8.97. The highest BCUT2D eigenvalue weighted by Gasteiger charge is 2.13. The Morgan fingerprint density at radius 1 is 1.12 bits per heavy atom. The van der Waals surface area contributed by atoms with Crippen molar-refractivity contribution in [1.29, 1.82) is 0 Å². The van der Waals surface area contributed by atoms with Gasteiger partial charge in [-0.1, -0.05) is 12.1 Å². The highest BCUT2D eigenvalue weighted by atomic mass is 32.2. The molecule has 2 aromatic carbocycles. The minimum Gasteiger partial charge on any atom is -0.326 e. The van der Waals surface area contributed by atoms with E-state index < -0.39 is 15.8 Å². The van der Waals surface area contributed by atoms with Crippen LogP contribution in [0, 0.1) is 12.7 Å². The van der Waals surface area contributed by atoms with Crippen molar-refractivity contribution in [3.63, 3.8) is 0 Å². The van der Waals surface area contributed by atoms with Crippen LogP contribution in [0.25, 0.3) is 0 Å². The van der Waals surface area contributed by atoms with Crippen LogP contribution in [-0.4, -0.2) is 20.9 Å². The number of carbonyl (C=O) groups excluding carboxylic acids is 1. The Hall–Kier alpha value is -2.25. The monoisotopic (exact) mass is 350 g/mol. The fraction of sp³-hybridized carbons (Fsp3) is 0.235. The summed E-state index contributed by atoms with van der Waals surface area (Å²) in [5, 5.41) is 2.76. The number of amides is 1. The molecule has 0 unspecified atom stereocenters. The Balaban J connectivity index is 1.77. The van der Waals surface area contributed by atoms with E-state index in [0.29, 0.717) is 12.1 Å². The molecule has 1 amide bonds. The van der Waals surface area contributed by atoms with Crippen LogP contribution in [-0.2, 0) is 14.8 Å². The number of nitrogens with one attached hydrogen (secondary N) is 2. The third-order valence-electron chi connectivity index (χ3n) is 3.30. The van der Waals surface area contributed by atoms with Crippen molar-refractivity contribution < 1.29 is 17.6 Å². The highest BCUT2D eigenvalue weighted by Crippen LogP contribution is 2.11. The van der Waals surface area contributed by atoms with E-state index in [4.69, 9.17) is 0 Å². The molecule has 2 N–H and O–H groups in total. The van der Waals surface area contributed by atoms with Crippen LogP contribution in [0.15, 0.2) is 53.4 Å². The van der Waals surface area contributed by atoms with Crippen LogP contribution in [0.2, 0.25) is 0 Å². The minimum atomic E-state index is -3.69. The van der Waals surface area contributed by atoms with Crippen molar-refractivity contribution in [2.24, 2.45) is 0 Å². The number of aryl methyl sites for hydroxylation is 1. The normalized spacial score (nSPS) is 11.2. The lowest BCUT2D eigenvalue weighted by Crippen LogP contribution is -2.25. The first kappa shape index (κ1) is 18.1. The smallest absolute Gasteiger partial charge is 0.240 e.